The van der Waals surface area contributed by atoms with Gasteiger partial charge in [0.1, 0.15) is 5.15 Å². The highest BCUT2D eigenvalue weighted by Gasteiger charge is 2.15. The molecule has 0 unspecified atom stereocenters. The zero-order chi connectivity index (χ0) is 9.84. The Morgan fingerprint density at radius 1 is 1.46 bits per heavy atom. The predicted octanol–water partition coefficient (Wildman–Crippen LogP) is 0.0919. The van der Waals surface area contributed by atoms with Gasteiger partial charge >= 0.3 is 7.32 Å². The number of rotatable bonds is 3. The van der Waals surface area contributed by atoms with Crippen molar-refractivity contribution in [2.45, 2.75) is 0 Å². The molecule has 7 heteroatoms. The largest absolute Gasteiger partial charge is 0.707 e. The summed E-state index contributed by atoms with van der Waals surface area (Å²) in [6, 6.07) is 1.32. The van der Waals surface area contributed by atoms with Gasteiger partial charge in [-0.2, -0.15) is 0 Å². The van der Waals surface area contributed by atoms with Gasteiger partial charge in [0, 0.05) is 6.07 Å². The Morgan fingerprint density at radius 2 is 2.15 bits per heavy atom. The van der Waals surface area contributed by atoms with Crippen LogP contribution in [0.25, 0.3) is 0 Å². The van der Waals surface area contributed by atoms with Crippen LogP contribution in [-0.4, -0.2) is 29.5 Å². The van der Waals surface area contributed by atoms with Gasteiger partial charge in [0.2, 0.25) is 0 Å². The monoisotopic (exact) mass is 203 g/mol. The van der Waals surface area contributed by atoms with Crippen molar-refractivity contribution in [1.29, 1.82) is 0 Å². The minimum Gasteiger partial charge on any atom is -0.509 e. The van der Waals surface area contributed by atoms with E-state index in [9.17, 15) is 0 Å². The second-order valence-electron chi connectivity index (χ2n) is 2.10. The third-order valence-electron chi connectivity index (χ3n) is 1.25. The van der Waals surface area contributed by atoms with E-state index in [1.807, 2.05) is 0 Å². The van der Waals surface area contributed by atoms with Crippen molar-refractivity contribution in [3.8, 4) is 11.5 Å². The van der Waals surface area contributed by atoms with Crippen LogP contribution in [0.2, 0.25) is 5.15 Å². The Hall–Kier alpha value is -0.975. The van der Waals surface area contributed by atoms with Crippen molar-refractivity contribution in [1.82, 2.24) is 4.98 Å². The van der Waals surface area contributed by atoms with Gasteiger partial charge in [-0.25, -0.2) is 4.98 Å². The molecule has 0 saturated carbocycles. The normalized spacial score (nSPS) is 9.54. The average molecular weight is 203 g/mol. The molecule has 0 aromatic carbocycles. The van der Waals surface area contributed by atoms with Crippen LogP contribution in [0, 0.1) is 0 Å². The average Bonchev–Trinajstić information content (AvgIpc) is 2.03. The molecule has 0 bridgehead atoms. The number of hydrogen-bond acceptors (Lipinski definition) is 5. The lowest BCUT2D eigenvalue weighted by molar-refractivity contribution is 0.279. The first-order valence-corrected chi connectivity index (χ1v) is 3.73. The van der Waals surface area contributed by atoms with Crippen LogP contribution in [0.15, 0.2) is 12.3 Å². The van der Waals surface area contributed by atoms with E-state index in [0.717, 1.165) is 0 Å². The van der Waals surface area contributed by atoms with Crippen molar-refractivity contribution in [2.75, 3.05) is 7.11 Å². The molecule has 2 N–H and O–H groups in total. The molecule has 0 saturated heterocycles. The minimum atomic E-state index is -1.91. The molecule has 0 aliphatic rings. The first kappa shape index (κ1) is 10.1. The molecule has 0 aliphatic heterocycles. The van der Waals surface area contributed by atoms with Crippen molar-refractivity contribution in [3.63, 3.8) is 0 Å². The van der Waals surface area contributed by atoms with Gasteiger partial charge in [0.05, 0.1) is 13.3 Å². The molecule has 1 aromatic rings. The Kier molecular flexibility index (Phi) is 3.35. The summed E-state index contributed by atoms with van der Waals surface area (Å²) >= 11 is 5.55. The molecule has 5 nitrogen and oxygen atoms in total. The highest BCUT2D eigenvalue weighted by molar-refractivity contribution is 6.34. The summed E-state index contributed by atoms with van der Waals surface area (Å²) in [5.74, 6) is 0.398. The number of aromatic nitrogens is 1. The molecule has 0 atom stereocenters. The highest BCUT2D eigenvalue weighted by atomic mass is 35.5. The summed E-state index contributed by atoms with van der Waals surface area (Å²) in [4.78, 5) is 3.72. The molecule has 13 heavy (non-hydrogen) atoms. The van der Waals surface area contributed by atoms with E-state index in [2.05, 4.69) is 9.64 Å². The highest BCUT2D eigenvalue weighted by Crippen LogP contribution is 2.27. The van der Waals surface area contributed by atoms with E-state index in [4.69, 9.17) is 26.4 Å². The standard InChI is InChI=1S/C6H7BClNO4/c1-12-5-3-9-6(8)2-4(5)13-7(10)11/h2-3,10-11H,1H3. The first-order chi connectivity index (χ1) is 6.13. The zero-order valence-corrected chi connectivity index (χ0v) is 7.52. The van der Waals surface area contributed by atoms with E-state index in [-0.39, 0.29) is 16.7 Å². The number of halogens is 1. The second-order valence-corrected chi connectivity index (χ2v) is 2.49. The maximum atomic E-state index is 8.53. The Bertz CT molecular complexity index is 296. The maximum Gasteiger partial charge on any atom is 0.707 e. The third kappa shape index (κ3) is 2.76. The number of methoxy groups -OCH3 is 1. The number of pyridine rings is 1. The number of ether oxygens (including phenoxy) is 1. The molecular weight excluding hydrogens is 196 g/mol. The summed E-state index contributed by atoms with van der Waals surface area (Å²) in [6.07, 6.45) is 1.32. The van der Waals surface area contributed by atoms with Crippen LogP contribution in [-0.2, 0) is 0 Å². The summed E-state index contributed by atoms with van der Waals surface area (Å²) < 4.78 is 9.41. The second kappa shape index (κ2) is 4.31. The molecule has 70 valence electrons. The van der Waals surface area contributed by atoms with Crippen LogP contribution in [0.1, 0.15) is 0 Å². The fourth-order valence-electron chi connectivity index (χ4n) is 0.759. The molecule has 1 heterocycles. The third-order valence-corrected chi connectivity index (χ3v) is 1.46. The van der Waals surface area contributed by atoms with Crippen molar-refractivity contribution < 1.29 is 19.4 Å². The fourth-order valence-corrected chi connectivity index (χ4v) is 0.907. The number of nitrogens with zero attached hydrogens (tertiary/aromatic N) is 1. The van der Waals surface area contributed by atoms with Gasteiger partial charge in [-0.15, -0.1) is 0 Å². The molecule has 0 spiro atoms. The predicted molar refractivity (Wildman–Crippen MR) is 46.6 cm³/mol. The molecule has 1 rings (SSSR count). The van der Waals surface area contributed by atoms with Crippen LogP contribution >= 0.6 is 11.6 Å². The van der Waals surface area contributed by atoms with E-state index in [1.54, 1.807) is 0 Å². The smallest absolute Gasteiger partial charge is 0.509 e. The van der Waals surface area contributed by atoms with Gasteiger partial charge in [0.25, 0.3) is 0 Å². The first-order valence-electron chi connectivity index (χ1n) is 3.36. The Balaban J connectivity index is 2.94. The van der Waals surface area contributed by atoms with Gasteiger partial charge in [-0.1, -0.05) is 11.6 Å². The van der Waals surface area contributed by atoms with Crippen molar-refractivity contribution in [2.24, 2.45) is 0 Å². The number of hydrogen-bond donors (Lipinski definition) is 2. The van der Waals surface area contributed by atoms with E-state index in [1.165, 1.54) is 19.4 Å². The summed E-state index contributed by atoms with van der Waals surface area (Å²) in [7, 11) is -0.506. The minimum absolute atomic E-state index is 0.123. The topological polar surface area (TPSA) is 71.8 Å². The SMILES string of the molecule is COc1cnc(Cl)cc1OB(O)O. The van der Waals surface area contributed by atoms with Gasteiger partial charge in [-0.05, 0) is 0 Å². The van der Waals surface area contributed by atoms with Crippen LogP contribution in [0.4, 0.5) is 0 Å². The fraction of sp³-hybridized carbons (Fsp3) is 0.167. The molecule has 0 amide bonds. The van der Waals surface area contributed by atoms with Crippen LogP contribution < -0.4 is 9.39 Å². The Labute approximate surface area is 80.1 Å². The summed E-state index contributed by atoms with van der Waals surface area (Å²) in [6.45, 7) is 0. The molecule has 0 radical (unpaired) electrons. The van der Waals surface area contributed by atoms with Gasteiger partial charge < -0.3 is 19.4 Å². The molecule has 0 aliphatic carbocycles. The zero-order valence-electron chi connectivity index (χ0n) is 6.77. The van der Waals surface area contributed by atoms with E-state index < -0.39 is 7.32 Å². The van der Waals surface area contributed by atoms with E-state index >= 15 is 0 Å². The quantitative estimate of drug-likeness (QED) is 0.538. The van der Waals surface area contributed by atoms with E-state index in [0.29, 0.717) is 0 Å². The molecular formula is C6H7BClNO4. The van der Waals surface area contributed by atoms with Crippen molar-refractivity contribution >= 4 is 18.9 Å². The Morgan fingerprint density at radius 3 is 2.69 bits per heavy atom. The van der Waals surface area contributed by atoms with Crippen LogP contribution in [0.5, 0.6) is 11.5 Å². The summed E-state index contributed by atoms with van der Waals surface area (Å²) in [5, 5.41) is 17.2. The van der Waals surface area contributed by atoms with Crippen LogP contribution in [0.3, 0.4) is 0 Å². The molecule has 0 fully saturated rings. The van der Waals surface area contributed by atoms with Gasteiger partial charge in [0.15, 0.2) is 11.5 Å². The lowest BCUT2D eigenvalue weighted by Crippen LogP contribution is -2.20. The lowest BCUT2D eigenvalue weighted by atomic mass is 10.2. The van der Waals surface area contributed by atoms with Gasteiger partial charge in [-0.3, -0.25) is 0 Å². The lowest BCUT2D eigenvalue weighted by Gasteiger charge is -2.08. The maximum absolute atomic E-state index is 8.53. The summed E-state index contributed by atoms with van der Waals surface area (Å²) in [5.41, 5.74) is 0. The molecule has 1 aromatic heterocycles. The van der Waals surface area contributed by atoms with Crippen molar-refractivity contribution in [3.05, 3.63) is 17.4 Å².